The lowest BCUT2D eigenvalue weighted by Gasteiger charge is -2.46. The molecule has 6 nitrogen and oxygen atoms in total. The van der Waals surface area contributed by atoms with E-state index < -0.39 is 30.0 Å². The molecule has 212 valence electrons. The number of carbonyl (C=O) groups excluding carboxylic acids is 2. The van der Waals surface area contributed by atoms with Crippen LogP contribution in [0, 0.1) is 22.7 Å². The van der Waals surface area contributed by atoms with Crippen molar-refractivity contribution in [2.75, 3.05) is 7.11 Å². The van der Waals surface area contributed by atoms with Crippen LogP contribution in [-0.4, -0.2) is 41.1 Å². The third kappa shape index (κ3) is 6.62. The monoisotopic (exact) mass is 576 g/mol. The number of halogens is 2. The quantitative estimate of drug-likeness (QED) is 0.396. The Balaban J connectivity index is 1.75. The number of carbonyl (C=O) groups is 2. The average Bonchev–Trinajstić information content (AvgIpc) is 2.80. The molecular weight excluding hydrogens is 539 g/mol. The van der Waals surface area contributed by atoms with Gasteiger partial charge in [0.25, 0.3) is 0 Å². The maximum absolute atomic E-state index is 13.6. The van der Waals surface area contributed by atoms with Crippen LogP contribution in [0.2, 0.25) is 10.0 Å². The normalized spacial score (nSPS) is 27.2. The van der Waals surface area contributed by atoms with E-state index in [1.807, 2.05) is 39.8 Å². The van der Waals surface area contributed by atoms with E-state index >= 15 is 0 Å². The van der Waals surface area contributed by atoms with Crippen molar-refractivity contribution in [2.45, 2.75) is 78.1 Å². The fourth-order valence-corrected chi connectivity index (χ4v) is 6.86. The summed E-state index contributed by atoms with van der Waals surface area (Å²) in [4.78, 5) is 27.1. The highest BCUT2D eigenvalue weighted by Crippen LogP contribution is 2.51. The lowest BCUT2D eigenvalue weighted by molar-refractivity contribution is -0.144. The van der Waals surface area contributed by atoms with Crippen LogP contribution in [-0.2, 0) is 16.2 Å². The number of aliphatic hydroxyl groups excluding tert-OH is 2. The zero-order valence-electron chi connectivity index (χ0n) is 23.2. The summed E-state index contributed by atoms with van der Waals surface area (Å²) in [5.74, 6) is -2.05. The van der Waals surface area contributed by atoms with Gasteiger partial charge in [-0.05, 0) is 59.1 Å². The Morgan fingerprint density at radius 1 is 0.897 bits per heavy atom. The van der Waals surface area contributed by atoms with Crippen molar-refractivity contribution in [3.05, 3.63) is 57.6 Å². The van der Waals surface area contributed by atoms with Gasteiger partial charge in [0.1, 0.15) is 18.2 Å². The Bertz CT molecular complexity index is 1180. The average molecular weight is 578 g/mol. The molecule has 0 aromatic heterocycles. The molecule has 2 fully saturated rings. The first-order valence-electron chi connectivity index (χ1n) is 13.4. The fraction of sp³-hybridized carbons (Fsp3) is 0.548. The van der Waals surface area contributed by atoms with Crippen LogP contribution < -0.4 is 9.47 Å². The van der Waals surface area contributed by atoms with Crippen molar-refractivity contribution in [1.29, 1.82) is 0 Å². The van der Waals surface area contributed by atoms with E-state index in [0.29, 0.717) is 34.9 Å². The van der Waals surface area contributed by atoms with E-state index in [-0.39, 0.29) is 46.9 Å². The number of aliphatic hydroxyl groups is 2. The minimum atomic E-state index is -0.966. The maximum Gasteiger partial charge on any atom is 0.180 e. The number of hydrogen-bond donors (Lipinski definition) is 2. The molecule has 2 saturated carbocycles. The summed E-state index contributed by atoms with van der Waals surface area (Å²) in [6.45, 7) is 8.04. The van der Waals surface area contributed by atoms with Crippen LogP contribution in [0.25, 0.3) is 0 Å². The van der Waals surface area contributed by atoms with E-state index in [1.165, 1.54) is 7.11 Å². The van der Waals surface area contributed by atoms with Crippen molar-refractivity contribution >= 4 is 34.8 Å². The lowest BCUT2D eigenvalue weighted by atomic mass is 9.58. The van der Waals surface area contributed by atoms with Crippen LogP contribution in [0.15, 0.2) is 36.4 Å². The summed E-state index contributed by atoms with van der Waals surface area (Å²) in [6, 6.07) is 10.6. The molecule has 8 heteroatoms. The maximum atomic E-state index is 13.6. The third-order valence-electron chi connectivity index (χ3n) is 8.11. The van der Waals surface area contributed by atoms with E-state index in [2.05, 4.69) is 0 Å². The van der Waals surface area contributed by atoms with Gasteiger partial charge in [-0.2, -0.15) is 0 Å². The Labute approximate surface area is 240 Å². The van der Waals surface area contributed by atoms with Crippen molar-refractivity contribution < 1.29 is 29.3 Å². The first-order valence-corrected chi connectivity index (χ1v) is 14.1. The van der Waals surface area contributed by atoms with Gasteiger partial charge in [-0.3, -0.25) is 9.59 Å². The molecular formula is C31H38Cl2O6. The van der Waals surface area contributed by atoms with Gasteiger partial charge in [-0.25, -0.2) is 0 Å². The Kier molecular flexibility index (Phi) is 8.73. The molecule has 1 unspecified atom stereocenters. The highest BCUT2D eigenvalue weighted by atomic mass is 35.5. The predicted octanol–water partition coefficient (Wildman–Crippen LogP) is 6.40. The first kappa shape index (κ1) is 29.9. The molecule has 0 aliphatic heterocycles. The van der Waals surface area contributed by atoms with Gasteiger partial charge in [-0.15, -0.1) is 0 Å². The second kappa shape index (κ2) is 11.4. The molecule has 2 aliphatic rings. The smallest absolute Gasteiger partial charge is 0.180 e. The second-order valence-electron chi connectivity index (χ2n) is 12.7. The van der Waals surface area contributed by atoms with Gasteiger partial charge in [0.2, 0.25) is 0 Å². The number of benzene rings is 2. The van der Waals surface area contributed by atoms with Gasteiger partial charge in [0, 0.05) is 23.8 Å². The zero-order chi connectivity index (χ0) is 28.7. The zero-order valence-corrected chi connectivity index (χ0v) is 24.7. The topological polar surface area (TPSA) is 93.1 Å². The number of ketones is 2. The summed E-state index contributed by atoms with van der Waals surface area (Å²) in [5.41, 5.74) is 0.730. The molecule has 0 spiro atoms. The molecule has 0 heterocycles. The van der Waals surface area contributed by atoms with Gasteiger partial charge < -0.3 is 19.7 Å². The third-order valence-corrected chi connectivity index (χ3v) is 8.64. The van der Waals surface area contributed by atoms with Gasteiger partial charge in [0.05, 0.1) is 36.2 Å². The molecule has 2 aromatic carbocycles. The fourth-order valence-electron chi connectivity index (χ4n) is 6.46. The van der Waals surface area contributed by atoms with E-state index in [9.17, 15) is 19.8 Å². The minimum absolute atomic E-state index is 0.119. The highest BCUT2D eigenvalue weighted by molar-refractivity contribution is 6.32. The van der Waals surface area contributed by atoms with Gasteiger partial charge in [-0.1, -0.05) is 63.0 Å². The van der Waals surface area contributed by atoms with Crippen LogP contribution in [0.5, 0.6) is 11.5 Å². The van der Waals surface area contributed by atoms with Crippen molar-refractivity contribution in [2.24, 2.45) is 22.7 Å². The Morgan fingerprint density at radius 2 is 1.41 bits per heavy atom. The number of ether oxygens (including phenoxy) is 2. The molecule has 4 rings (SSSR count). The summed E-state index contributed by atoms with van der Waals surface area (Å²) >= 11 is 12.7. The molecule has 2 N–H and O–H groups in total. The lowest BCUT2D eigenvalue weighted by Crippen LogP contribution is -2.51. The number of hydrogen-bond acceptors (Lipinski definition) is 6. The van der Waals surface area contributed by atoms with Crippen molar-refractivity contribution in [3.8, 4) is 11.5 Å². The highest BCUT2D eigenvalue weighted by Gasteiger charge is 2.52. The molecule has 0 amide bonds. The predicted molar refractivity (Wildman–Crippen MR) is 152 cm³/mol. The molecule has 39 heavy (non-hydrogen) atoms. The van der Waals surface area contributed by atoms with E-state index in [4.69, 9.17) is 32.7 Å². The molecule has 2 aliphatic carbocycles. The second-order valence-corrected chi connectivity index (χ2v) is 13.5. The summed E-state index contributed by atoms with van der Waals surface area (Å²) in [7, 11) is 1.49. The minimum Gasteiger partial charge on any atom is -0.493 e. The Hall–Kier alpha value is -2.12. The van der Waals surface area contributed by atoms with Crippen molar-refractivity contribution in [1.82, 2.24) is 0 Å². The van der Waals surface area contributed by atoms with Crippen LogP contribution in [0.1, 0.15) is 70.4 Å². The number of methoxy groups -OCH3 is 1. The van der Waals surface area contributed by atoms with E-state index in [0.717, 1.165) is 5.56 Å². The molecule has 2 aromatic rings. The SMILES string of the molecule is COc1cc(C([C@H]2C(=O)CC(C)(C)C[C@@H]2O)[C@@H]2C(=O)CC(C)(C)C[C@@H]2O)cc(Cl)c1OCc1ccc(Cl)cc1. The largest absolute Gasteiger partial charge is 0.493 e. The number of rotatable bonds is 7. The van der Waals surface area contributed by atoms with Gasteiger partial charge in [0.15, 0.2) is 11.5 Å². The molecule has 5 atom stereocenters. The van der Waals surface area contributed by atoms with Crippen LogP contribution in [0.3, 0.4) is 0 Å². The van der Waals surface area contributed by atoms with E-state index in [1.54, 1.807) is 24.3 Å². The first-order chi connectivity index (χ1) is 18.2. The summed E-state index contributed by atoms with van der Waals surface area (Å²) < 4.78 is 11.7. The summed E-state index contributed by atoms with van der Waals surface area (Å²) in [5, 5.41) is 23.4. The van der Waals surface area contributed by atoms with Gasteiger partial charge >= 0.3 is 0 Å². The van der Waals surface area contributed by atoms with Crippen molar-refractivity contribution in [3.63, 3.8) is 0 Å². The summed E-state index contributed by atoms with van der Waals surface area (Å²) in [6.07, 6.45) is -0.550. The molecule has 0 bridgehead atoms. The Morgan fingerprint density at radius 3 is 1.87 bits per heavy atom. The van der Waals surface area contributed by atoms with Crippen LogP contribution in [0.4, 0.5) is 0 Å². The number of Topliss-reactive ketones (excluding diaryl/α,β-unsaturated/α-hetero) is 2. The molecule has 0 radical (unpaired) electrons. The standard InChI is InChI=1S/C31H38Cl2O6/c1-30(2)12-21(34)27(22(35)13-30)26(28-23(36)14-31(3,4)15-24(28)37)18-10-20(33)29(25(11-18)38-5)39-16-17-6-8-19(32)9-7-17/h6-11,21,23,26-28,34,36H,12-16H2,1-5H3/t21-,23-,26?,27-,28+/m0/s1. The molecule has 0 saturated heterocycles. The van der Waals surface area contributed by atoms with Crippen LogP contribution >= 0.6 is 23.2 Å².